The van der Waals surface area contributed by atoms with Gasteiger partial charge >= 0.3 is 5.69 Å². The van der Waals surface area contributed by atoms with E-state index in [9.17, 15) is 9.59 Å². The van der Waals surface area contributed by atoms with Crippen LogP contribution < -0.4 is 11.0 Å². The number of nitrogens with one attached hydrogen (secondary N) is 2. The number of H-pyrrole nitrogens is 1. The summed E-state index contributed by atoms with van der Waals surface area (Å²) in [5.41, 5.74) is 0.968. The maximum absolute atomic E-state index is 12.4. The lowest BCUT2D eigenvalue weighted by Gasteiger charge is -2.14. The normalized spacial score (nSPS) is 13.5. The summed E-state index contributed by atoms with van der Waals surface area (Å²) in [6.45, 7) is 0.827. The minimum Gasteiger partial charge on any atom is -0.312 e. The molecule has 24 heavy (non-hydrogen) atoms. The van der Waals surface area contributed by atoms with Crippen LogP contribution in [0.3, 0.4) is 0 Å². The number of hydrogen-bond donors (Lipinski definition) is 2. The third-order valence-electron chi connectivity index (χ3n) is 4.14. The first-order valence-electron chi connectivity index (χ1n) is 7.82. The summed E-state index contributed by atoms with van der Waals surface area (Å²) < 4.78 is 3.42. The van der Waals surface area contributed by atoms with Crippen molar-refractivity contribution >= 4 is 11.9 Å². The van der Waals surface area contributed by atoms with E-state index >= 15 is 0 Å². The van der Waals surface area contributed by atoms with E-state index in [4.69, 9.17) is 0 Å². The zero-order valence-corrected chi connectivity index (χ0v) is 12.9. The lowest BCUT2D eigenvalue weighted by Crippen LogP contribution is -2.19. The molecule has 3 aromatic rings. The van der Waals surface area contributed by atoms with Gasteiger partial charge in [0.15, 0.2) is 0 Å². The van der Waals surface area contributed by atoms with Gasteiger partial charge in [-0.05, 0) is 37.1 Å². The Morgan fingerprint density at radius 2 is 2.00 bits per heavy atom. The predicted molar refractivity (Wildman–Crippen MR) is 87.3 cm³/mol. The Balaban J connectivity index is 1.54. The molecule has 0 saturated carbocycles. The fourth-order valence-electron chi connectivity index (χ4n) is 2.87. The molecule has 0 aliphatic carbocycles. The smallest absolute Gasteiger partial charge is 0.312 e. The molecule has 1 aliphatic rings. The van der Waals surface area contributed by atoms with Gasteiger partial charge in [-0.25, -0.2) is 4.79 Å². The number of amides is 1. The number of hydrogen-bond acceptors (Lipinski definition) is 4. The number of aromatic nitrogens is 5. The highest BCUT2D eigenvalue weighted by Gasteiger charge is 2.17. The van der Waals surface area contributed by atoms with Crippen molar-refractivity contribution in [1.82, 2.24) is 24.3 Å². The standard InChI is InChI=1S/C16H16N6O2/c23-14(18-15-20-19-13-3-1-2-9-22(13)15)11-4-6-12(7-5-11)21-10-8-17-16(21)24/h4-8,10H,1-3,9H2,(H,17,24)(H,18,20,23). The highest BCUT2D eigenvalue weighted by molar-refractivity contribution is 6.03. The maximum atomic E-state index is 12.4. The zero-order chi connectivity index (χ0) is 16.5. The number of aromatic amines is 1. The van der Waals surface area contributed by atoms with Crippen LogP contribution in [0.1, 0.15) is 29.0 Å². The Kier molecular flexibility index (Phi) is 3.49. The van der Waals surface area contributed by atoms with Gasteiger partial charge in [-0.15, -0.1) is 10.2 Å². The molecule has 1 aliphatic heterocycles. The monoisotopic (exact) mass is 324 g/mol. The van der Waals surface area contributed by atoms with E-state index in [0.29, 0.717) is 17.2 Å². The second-order valence-corrected chi connectivity index (χ2v) is 5.68. The summed E-state index contributed by atoms with van der Waals surface area (Å²) in [5.74, 6) is 1.16. The summed E-state index contributed by atoms with van der Waals surface area (Å²) in [6, 6.07) is 6.81. The Hall–Kier alpha value is -3.16. The molecule has 1 amide bonds. The number of imidazole rings is 1. The SMILES string of the molecule is O=C(Nc1nnc2n1CCCC2)c1ccc(-n2cc[nH]c2=O)cc1. The Morgan fingerprint density at radius 1 is 1.17 bits per heavy atom. The van der Waals surface area contributed by atoms with Crippen LogP contribution >= 0.6 is 0 Å². The Bertz CT molecular complexity index is 934. The van der Waals surface area contributed by atoms with Crippen LogP contribution in [-0.4, -0.2) is 30.2 Å². The van der Waals surface area contributed by atoms with Crippen LogP contribution in [0.5, 0.6) is 0 Å². The molecule has 0 radical (unpaired) electrons. The van der Waals surface area contributed by atoms with Gasteiger partial charge in [0, 0.05) is 30.9 Å². The second-order valence-electron chi connectivity index (χ2n) is 5.68. The number of carbonyl (C=O) groups is 1. The number of aryl methyl sites for hydroxylation is 1. The van der Waals surface area contributed by atoms with Gasteiger partial charge in [0.25, 0.3) is 5.91 Å². The summed E-state index contributed by atoms with van der Waals surface area (Å²) in [6.07, 6.45) is 6.26. The van der Waals surface area contributed by atoms with Crippen molar-refractivity contribution in [2.24, 2.45) is 0 Å². The number of benzene rings is 1. The molecule has 0 atom stereocenters. The second kappa shape index (κ2) is 5.80. The molecule has 0 unspecified atom stereocenters. The lowest BCUT2D eigenvalue weighted by atomic mass is 10.2. The van der Waals surface area contributed by atoms with Gasteiger partial charge in [-0.1, -0.05) is 0 Å². The number of fused-ring (bicyclic) bond motifs is 1. The van der Waals surface area contributed by atoms with Crippen LogP contribution in [0.25, 0.3) is 5.69 Å². The Labute approximate surface area is 137 Å². The fourth-order valence-corrected chi connectivity index (χ4v) is 2.87. The first kappa shape index (κ1) is 14.4. The van der Waals surface area contributed by atoms with Crippen molar-refractivity contribution in [3.05, 3.63) is 58.5 Å². The summed E-state index contributed by atoms with van der Waals surface area (Å²) in [5, 5.41) is 11.0. The van der Waals surface area contributed by atoms with Crippen LogP contribution in [0, 0.1) is 0 Å². The molecule has 4 rings (SSSR count). The molecule has 1 aromatic carbocycles. The molecule has 8 heteroatoms. The van der Waals surface area contributed by atoms with Gasteiger partial charge in [-0.3, -0.25) is 19.2 Å². The van der Waals surface area contributed by atoms with Crippen LogP contribution in [0.2, 0.25) is 0 Å². The highest BCUT2D eigenvalue weighted by Crippen LogP contribution is 2.18. The molecule has 2 aromatic heterocycles. The topological polar surface area (TPSA) is 97.6 Å². The van der Waals surface area contributed by atoms with E-state index in [1.165, 1.54) is 4.57 Å². The quantitative estimate of drug-likeness (QED) is 0.760. The Morgan fingerprint density at radius 3 is 2.75 bits per heavy atom. The van der Waals surface area contributed by atoms with Crippen molar-refractivity contribution in [3.8, 4) is 5.69 Å². The minimum atomic E-state index is -0.247. The van der Waals surface area contributed by atoms with Crippen molar-refractivity contribution in [3.63, 3.8) is 0 Å². The van der Waals surface area contributed by atoms with Crippen molar-refractivity contribution < 1.29 is 4.79 Å². The molecule has 0 saturated heterocycles. The summed E-state index contributed by atoms with van der Waals surface area (Å²) in [4.78, 5) is 26.6. The van der Waals surface area contributed by atoms with E-state index in [0.717, 1.165) is 31.6 Å². The molecular weight excluding hydrogens is 308 g/mol. The van der Waals surface area contributed by atoms with E-state index in [1.54, 1.807) is 36.7 Å². The molecule has 8 nitrogen and oxygen atoms in total. The molecule has 0 bridgehead atoms. The van der Waals surface area contributed by atoms with Gasteiger partial charge in [-0.2, -0.15) is 0 Å². The van der Waals surface area contributed by atoms with Crippen molar-refractivity contribution in [2.45, 2.75) is 25.8 Å². The minimum absolute atomic E-state index is 0.220. The predicted octanol–water partition coefficient (Wildman–Crippen LogP) is 1.35. The van der Waals surface area contributed by atoms with E-state index < -0.39 is 0 Å². The molecule has 2 N–H and O–H groups in total. The zero-order valence-electron chi connectivity index (χ0n) is 12.9. The van der Waals surface area contributed by atoms with E-state index in [1.807, 2.05) is 4.57 Å². The first-order valence-corrected chi connectivity index (χ1v) is 7.82. The molecule has 3 heterocycles. The lowest BCUT2D eigenvalue weighted by molar-refractivity contribution is 0.102. The molecule has 0 spiro atoms. The largest absolute Gasteiger partial charge is 0.330 e. The van der Waals surface area contributed by atoms with E-state index in [-0.39, 0.29) is 11.6 Å². The molecule has 0 fully saturated rings. The number of anilines is 1. The van der Waals surface area contributed by atoms with Gasteiger partial charge < -0.3 is 4.98 Å². The van der Waals surface area contributed by atoms with Gasteiger partial charge in [0.1, 0.15) is 5.82 Å². The van der Waals surface area contributed by atoms with Crippen molar-refractivity contribution in [1.29, 1.82) is 0 Å². The van der Waals surface area contributed by atoms with Crippen LogP contribution in [0.15, 0.2) is 41.5 Å². The molecular formula is C16H16N6O2. The van der Waals surface area contributed by atoms with Crippen LogP contribution in [0.4, 0.5) is 5.95 Å². The first-order chi connectivity index (χ1) is 11.7. The average Bonchev–Trinajstić information content (AvgIpc) is 3.22. The third-order valence-corrected chi connectivity index (χ3v) is 4.14. The summed E-state index contributed by atoms with van der Waals surface area (Å²) >= 11 is 0. The van der Waals surface area contributed by atoms with Gasteiger partial charge in [0.05, 0.1) is 5.69 Å². The van der Waals surface area contributed by atoms with Gasteiger partial charge in [0.2, 0.25) is 5.95 Å². The number of rotatable bonds is 3. The summed E-state index contributed by atoms with van der Waals surface area (Å²) in [7, 11) is 0. The maximum Gasteiger partial charge on any atom is 0.330 e. The molecule has 122 valence electrons. The van der Waals surface area contributed by atoms with Crippen molar-refractivity contribution in [2.75, 3.05) is 5.32 Å². The highest BCUT2D eigenvalue weighted by atomic mass is 16.2. The number of nitrogens with zero attached hydrogens (tertiary/aromatic N) is 4. The average molecular weight is 324 g/mol. The van der Waals surface area contributed by atoms with Crippen LogP contribution in [-0.2, 0) is 13.0 Å². The third kappa shape index (κ3) is 2.51. The fraction of sp³-hybridized carbons (Fsp3) is 0.250. The van der Waals surface area contributed by atoms with E-state index in [2.05, 4.69) is 20.5 Å². The number of carbonyl (C=O) groups excluding carboxylic acids is 1.